The Kier molecular flexibility index (Phi) is 5.53. The van der Waals surface area contributed by atoms with Gasteiger partial charge in [-0.2, -0.15) is 0 Å². The van der Waals surface area contributed by atoms with Crippen molar-refractivity contribution in [2.75, 3.05) is 14.2 Å². The molecule has 0 aliphatic heterocycles. The second-order valence-electron chi connectivity index (χ2n) is 4.10. The van der Waals surface area contributed by atoms with Crippen LogP contribution in [0.3, 0.4) is 0 Å². The van der Waals surface area contributed by atoms with Crippen LogP contribution in [0, 0.1) is 0 Å². The van der Waals surface area contributed by atoms with Crippen molar-refractivity contribution in [2.24, 2.45) is 0 Å². The van der Waals surface area contributed by atoms with E-state index in [0.717, 1.165) is 30.8 Å². The minimum absolute atomic E-state index is 0.261. The van der Waals surface area contributed by atoms with Crippen LogP contribution in [-0.4, -0.2) is 20.0 Å². The van der Waals surface area contributed by atoms with Gasteiger partial charge in [0.15, 0.2) is 11.5 Å². The first-order valence-electron chi connectivity index (χ1n) is 5.87. The highest BCUT2D eigenvalue weighted by molar-refractivity contribution is 5.75. The molecule has 0 saturated heterocycles. The van der Waals surface area contributed by atoms with Gasteiger partial charge in [-0.1, -0.05) is 6.07 Å². The van der Waals surface area contributed by atoms with E-state index >= 15 is 0 Å². The van der Waals surface area contributed by atoms with Gasteiger partial charge in [-0.05, 0) is 43.9 Å². The van der Waals surface area contributed by atoms with Gasteiger partial charge in [-0.3, -0.25) is 0 Å². The summed E-state index contributed by atoms with van der Waals surface area (Å²) in [6.07, 6.45) is 3.61. The number of ether oxygens (including phenoxy) is 2. The van der Waals surface area contributed by atoms with Gasteiger partial charge in [0.05, 0.1) is 14.2 Å². The zero-order chi connectivity index (χ0) is 12.7. The van der Waals surface area contributed by atoms with Crippen LogP contribution in [0.15, 0.2) is 18.2 Å². The average molecular weight is 236 g/mol. The van der Waals surface area contributed by atoms with Crippen molar-refractivity contribution in [3.63, 3.8) is 0 Å². The molecule has 0 fully saturated rings. The Balaban J connectivity index is 2.51. The van der Waals surface area contributed by atoms with Crippen LogP contribution in [0.25, 0.3) is 0 Å². The SMILES string of the molecule is COc1ccc(CCCCC(C)=O)cc1OC. The topological polar surface area (TPSA) is 35.5 Å². The molecule has 0 N–H and O–H groups in total. The molecule has 0 aromatic heterocycles. The molecule has 1 aromatic carbocycles. The van der Waals surface area contributed by atoms with Crippen molar-refractivity contribution in [3.05, 3.63) is 23.8 Å². The van der Waals surface area contributed by atoms with Crippen LogP contribution in [0.5, 0.6) is 11.5 Å². The van der Waals surface area contributed by atoms with E-state index in [9.17, 15) is 4.79 Å². The maximum Gasteiger partial charge on any atom is 0.160 e. The van der Waals surface area contributed by atoms with E-state index < -0.39 is 0 Å². The lowest BCUT2D eigenvalue weighted by molar-refractivity contribution is -0.117. The highest BCUT2D eigenvalue weighted by Crippen LogP contribution is 2.28. The van der Waals surface area contributed by atoms with Gasteiger partial charge in [-0.15, -0.1) is 0 Å². The molecule has 0 spiro atoms. The van der Waals surface area contributed by atoms with Crippen molar-refractivity contribution in [1.82, 2.24) is 0 Å². The summed E-state index contributed by atoms with van der Waals surface area (Å²) in [5, 5.41) is 0. The van der Waals surface area contributed by atoms with Crippen LogP contribution < -0.4 is 9.47 Å². The largest absolute Gasteiger partial charge is 0.493 e. The molecule has 1 aromatic rings. The third kappa shape index (κ3) is 4.47. The molecule has 0 unspecified atom stereocenters. The van der Waals surface area contributed by atoms with Crippen molar-refractivity contribution in [3.8, 4) is 11.5 Å². The third-order valence-electron chi connectivity index (χ3n) is 2.69. The highest BCUT2D eigenvalue weighted by atomic mass is 16.5. The Morgan fingerprint density at radius 2 is 1.82 bits per heavy atom. The molecule has 17 heavy (non-hydrogen) atoms. The number of carbonyl (C=O) groups excluding carboxylic acids is 1. The first-order chi connectivity index (χ1) is 8.17. The number of hydrogen-bond acceptors (Lipinski definition) is 3. The number of hydrogen-bond donors (Lipinski definition) is 0. The number of unbranched alkanes of at least 4 members (excludes halogenated alkanes) is 1. The lowest BCUT2D eigenvalue weighted by Crippen LogP contribution is -1.94. The molecular formula is C14H20O3. The minimum Gasteiger partial charge on any atom is -0.493 e. The Labute approximate surface area is 103 Å². The quantitative estimate of drug-likeness (QED) is 0.683. The number of Topliss-reactive ketones (excluding diaryl/α,β-unsaturated/α-hetero) is 1. The number of benzene rings is 1. The Morgan fingerprint density at radius 1 is 1.12 bits per heavy atom. The monoisotopic (exact) mass is 236 g/mol. The van der Waals surface area contributed by atoms with E-state index in [1.54, 1.807) is 21.1 Å². The molecule has 0 heterocycles. The number of methoxy groups -OCH3 is 2. The van der Waals surface area contributed by atoms with Gasteiger partial charge in [0.25, 0.3) is 0 Å². The van der Waals surface area contributed by atoms with Crippen molar-refractivity contribution in [1.29, 1.82) is 0 Å². The molecule has 3 nitrogen and oxygen atoms in total. The molecule has 0 aliphatic rings. The van der Waals surface area contributed by atoms with Crippen molar-refractivity contribution < 1.29 is 14.3 Å². The molecule has 0 radical (unpaired) electrons. The highest BCUT2D eigenvalue weighted by Gasteiger charge is 2.04. The number of aryl methyl sites for hydroxylation is 1. The second-order valence-corrected chi connectivity index (χ2v) is 4.10. The number of ketones is 1. The van der Waals surface area contributed by atoms with Crippen molar-refractivity contribution in [2.45, 2.75) is 32.6 Å². The molecule has 1 rings (SSSR count). The predicted molar refractivity (Wildman–Crippen MR) is 67.8 cm³/mol. The fourth-order valence-electron chi connectivity index (χ4n) is 1.74. The molecule has 0 atom stereocenters. The van der Waals surface area contributed by atoms with E-state index in [2.05, 4.69) is 0 Å². The van der Waals surface area contributed by atoms with Gasteiger partial charge in [-0.25, -0.2) is 0 Å². The zero-order valence-corrected chi connectivity index (χ0v) is 10.8. The average Bonchev–Trinajstić information content (AvgIpc) is 2.34. The summed E-state index contributed by atoms with van der Waals surface area (Å²) in [6.45, 7) is 1.64. The molecule has 3 heteroatoms. The summed E-state index contributed by atoms with van der Waals surface area (Å²) in [7, 11) is 3.27. The molecular weight excluding hydrogens is 216 g/mol. The second kappa shape index (κ2) is 6.94. The lowest BCUT2D eigenvalue weighted by Gasteiger charge is -2.09. The number of rotatable bonds is 7. The van der Waals surface area contributed by atoms with Crippen LogP contribution in [-0.2, 0) is 11.2 Å². The maximum absolute atomic E-state index is 10.8. The summed E-state index contributed by atoms with van der Waals surface area (Å²) >= 11 is 0. The van der Waals surface area contributed by atoms with Gasteiger partial charge in [0.2, 0.25) is 0 Å². The van der Waals surface area contributed by atoms with E-state index in [1.165, 1.54) is 5.56 Å². The van der Waals surface area contributed by atoms with E-state index in [-0.39, 0.29) is 5.78 Å². The summed E-state index contributed by atoms with van der Waals surface area (Å²) in [5.74, 6) is 1.77. The summed E-state index contributed by atoms with van der Waals surface area (Å²) < 4.78 is 10.4. The van der Waals surface area contributed by atoms with Gasteiger partial charge in [0.1, 0.15) is 5.78 Å². The smallest absolute Gasteiger partial charge is 0.160 e. The van der Waals surface area contributed by atoms with E-state index in [1.807, 2.05) is 18.2 Å². The Hall–Kier alpha value is -1.51. The van der Waals surface area contributed by atoms with Gasteiger partial charge in [0, 0.05) is 6.42 Å². The van der Waals surface area contributed by atoms with Gasteiger partial charge >= 0.3 is 0 Å². The van der Waals surface area contributed by atoms with E-state index in [0.29, 0.717) is 6.42 Å². The van der Waals surface area contributed by atoms with E-state index in [4.69, 9.17) is 9.47 Å². The summed E-state index contributed by atoms with van der Waals surface area (Å²) in [4.78, 5) is 10.8. The maximum atomic E-state index is 10.8. The summed E-state index contributed by atoms with van der Waals surface area (Å²) in [5.41, 5.74) is 1.21. The molecule has 94 valence electrons. The Morgan fingerprint density at radius 3 is 2.41 bits per heavy atom. The van der Waals surface area contributed by atoms with Crippen LogP contribution in [0.4, 0.5) is 0 Å². The summed E-state index contributed by atoms with van der Waals surface area (Å²) in [6, 6.07) is 5.95. The lowest BCUT2D eigenvalue weighted by atomic mass is 10.1. The molecule has 0 amide bonds. The van der Waals surface area contributed by atoms with Crippen LogP contribution >= 0.6 is 0 Å². The van der Waals surface area contributed by atoms with Gasteiger partial charge < -0.3 is 14.3 Å². The molecule has 0 aliphatic carbocycles. The van der Waals surface area contributed by atoms with Crippen molar-refractivity contribution >= 4 is 5.78 Å². The standard InChI is InChI=1S/C14H20O3/c1-11(15)6-4-5-7-12-8-9-13(16-2)14(10-12)17-3/h8-10H,4-7H2,1-3H3. The van der Waals surface area contributed by atoms with Crippen LogP contribution in [0.1, 0.15) is 31.7 Å². The molecule has 0 saturated carbocycles. The Bertz CT molecular complexity index is 372. The third-order valence-corrected chi connectivity index (χ3v) is 2.69. The first-order valence-corrected chi connectivity index (χ1v) is 5.87. The fraction of sp³-hybridized carbons (Fsp3) is 0.500. The van der Waals surface area contributed by atoms with Crippen LogP contribution in [0.2, 0.25) is 0 Å². The molecule has 0 bridgehead atoms. The number of carbonyl (C=O) groups is 1. The fourth-order valence-corrected chi connectivity index (χ4v) is 1.74. The predicted octanol–water partition coefficient (Wildman–Crippen LogP) is 3.01. The minimum atomic E-state index is 0.261. The normalized spacial score (nSPS) is 10.1. The zero-order valence-electron chi connectivity index (χ0n) is 10.8. The first kappa shape index (κ1) is 13.6.